The predicted molar refractivity (Wildman–Crippen MR) is 117 cm³/mol. The first kappa shape index (κ1) is 12.1. The van der Waals surface area contributed by atoms with Crippen molar-refractivity contribution in [3.63, 3.8) is 0 Å². The first-order chi connectivity index (χ1) is 18.1. The molecule has 0 radical (unpaired) electrons. The summed E-state index contributed by atoms with van der Waals surface area (Å²) in [4.78, 5) is 4.07. The quantitative estimate of drug-likeness (QED) is 0.599. The minimum absolute atomic E-state index is 0.143. The predicted octanol–water partition coefficient (Wildman–Crippen LogP) is 3.93. The maximum absolute atomic E-state index is 8.91. The van der Waals surface area contributed by atoms with Crippen molar-refractivity contribution in [1.82, 2.24) is 19.7 Å². The highest BCUT2D eigenvalue weighted by Gasteiger charge is 2.22. The number of hydrogen-bond acceptors (Lipinski definition) is 6. The van der Waals surface area contributed by atoms with Gasteiger partial charge in [0.15, 0.2) is 11.0 Å². The summed E-state index contributed by atoms with van der Waals surface area (Å²) in [6, 6.07) is 8.41. The van der Waals surface area contributed by atoms with Gasteiger partial charge in [-0.3, -0.25) is 9.55 Å². The number of aliphatic hydroxyl groups is 1. The van der Waals surface area contributed by atoms with Crippen molar-refractivity contribution in [1.29, 1.82) is 0 Å². The van der Waals surface area contributed by atoms with Gasteiger partial charge in [-0.1, -0.05) is 36.3 Å². The van der Waals surface area contributed by atoms with Crippen LogP contribution in [0.2, 0.25) is 0 Å². The van der Waals surface area contributed by atoms with E-state index in [1.54, 1.807) is 30.3 Å². The third-order valence-electron chi connectivity index (χ3n) is 4.08. The molecule has 1 N–H and O–H groups in total. The van der Waals surface area contributed by atoms with E-state index in [2.05, 4.69) is 27.0 Å². The molecule has 0 bridgehead atoms. The molecule has 2 heterocycles. The summed E-state index contributed by atoms with van der Waals surface area (Å²) in [7, 11) is 0. The Labute approximate surface area is 193 Å². The van der Waals surface area contributed by atoms with Gasteiger partial charge in [0, 0.05) is 29.3 Å². The molecule has 1 aliphatic carbocycles. The molecule has 1 aromatic carbocycles. The number of aliphatic hydroxyl groups excluding tert-OH is 1. The Kier molecular flexibility index (Phi) is 3.96. The number of aromatic nitrogens is 4. The number of rotatable bonds is 6. The van der Waals surface area contributed by atoms with E-state index >= 15 is 0 Å². The van der Waals surface area contributed by atoms with Crippen LogP contribution in [0.3, 0.4) is 0 Å². The van der Waals surface area contributed by atoms with Crippen molar-refractivity contribution in [2.45, 2.75) is 49.4 Å². The van der Waals surface area contributed by atoms with E-state index in [0.29, 0.717) is 17.0 Å². The number of thioether (sulfide) groups is 1. The average Bonchev–Trinajstić information content (AvgIpc) is 3.30. The van der Waals surface area contributed by atoms with Crippen LogP contribution >= 0.6 is 11.8 Å². The molecule has 0 saturated heterocycles. The Bertz CT molecular complexity index is 1410. The Morgan fingerprint density at radius 1 is 1.33 bits per heavy atom. The number of nitrogens with zero attached hydrogens (tertiary/aromatic N) is 4. The lowest BCUT2D eigenvalue weighted by Gasteiger charge is -2.13. The molecular formula is C23H24N4O2S. The molecule has 4 rings (SSSR count). The van der Waals surface area contributed by atoms with Crippen molar-refractivity contribution in [2.75, 3.05) is 6.61 Å². The largest absolute Gasteiger partial charge is 0.486 e. The van der Waals surface area contributed by atoms with Crippen molar-refractivity contribution >= 4 is 11.8 Å². The van der Waals surface area contributed by atoms with Gasteiger partial charge in [0.05, 0.1) is 11.9 Å². The molecule has 6 nitrogen and oxygen atoms in total. The van der Waals surface area contributed by atoms with E-state index in [-0.39, 0.29) is 36.0 Å². The van der Waals surface area contributed by atoms with Gasteiger partial charge in [0.2, 0.25) is 0 Å². The third kappa shape index (κ3) is 4.84. The Morgan fingerprint density at radius 2 is 2.20 bits per heavy atom. The van der Waals surface area contributed by atoms with E-state index in [1.165, 1.54) is 17.0 Å². The van der Waals surface area contributed by atoms with Crippen molar-refractivity contribution in [3.8, 4) is 23.3 Å². The van der Waals surface area contributed by atoms with Gasteiger partial charge in [-0.15, -0.1) is 10.2 Å². The monoisotopic (exact) mass is 429 g/mol. The second-order valence-corrected chi connectivity index (χ2v) is 7.08. The van der Waals surface area contributed by atoms with E-state index < -0.39 is 30.7 Å². The minimum atomic E-state index is -3.32. The number of hydrogen-bond donors (Lipinski definition) is 1. The summed E-state index contributed by atoms with van der Waals surface area (Å²) in [6.07, 6.45) is -10.2. The average molecular weight is 430 g/mol. The van der Waals surface area contributed by atoms with Crippen molar-refractivity contribution in [3.05, 3.63) is 59.7 Å². The highest BCUT2D eigenvalue weighted by molar-refractivity contribution is 7.99. The number of pyridine rings is 1. The molecule has 2 aromatic heterocycles. The molecule has 154 valence electrons. The molecule has 30 heavy (non-hydrogen) atoms. The van der Waals surface area contributed by atoms with Crippen LogP contribution in [0, 0.1) is 18.8 Å². The van der Waals surface area contributed by atoms with Gasteiger partial charge < -0.3 is 9.84 Å². The minimum Gasteiger partial charge on any atom is -0.486 e. The van der Waals surface area contributed by atoms with Crippen LogP contribution in [0.25, 0.3) is 5.69 Å². The van der Waals surface area contributed by atoms with Crippen LogP contribution in [0.15, 0.2) is 47.9 Å². The normalized spacial score (nSPS) is 26.0. The number of aryl methyl sites for hydroxylation is 1. The third-order valence-corrected chi connectivity index (χ3v) is 4.94. The summed E-state index contributed by atoms with van der Waals surface area (Å²) in [5.41, 5.74) is 1.92. The molecule has 0 amide bonds. The smallest absolute Gasteiger partial charge is 0.196 e. The fourth-order valence-corrected chi connectivity index (χ4v) is 3.47. The molecule has 7 heteroatoms. The topological polar surface area (TPSA) is 73.1 Å². The lowest BCUT2D eigenvalue weighted by atomic mass is 10.1. The van der Waals surface area contributed by atoms with Crippen LogP contribution in [0.1, 0.15) is 54.8 Å². The van der Waals surface area contributed by atoms with Gasteiger partial charge >= 0.3 is 0 Å². The first-order valence-electron chi connectivity index (χ1n) is 13.5. The Hall–Kier alpha value is -2.82. The second kappa shape index (κ2) is 9.79. The summed E-state index contributed by atoms with van der Waals surface area (Å²) in [6.45, 7) is 1.42. The van der Waals surface area contributed by atoms with Gasteiger partial charge in [-0.05, 0) is 55.6 Å². The lowest BCUT2D eigenvalue weighted by molar-refractivity contribution is 0.292. The summed E-state index contributed by atoms with van der Waals surface area (Å²) in [5, 5.41) is 13.9. The van der Waals surface area contributed by atoms with Crippen LogP contribution in [-0.2, 0) is 6.61 Å². The summed E-state index contributed by atoms with van der Waals surface area (Å²) < 4.78 is 81.7. The zero-order valence-corrected chi connectivity index (χ0v) is 16.8. The molecule has 1 aliphatic rings. The van der Waals surface area contributed by atoms with E-state index in [0.717, 1.165) is 5.56 Å². The lowest BCUT2D eigenvalue weighted by Crippen LogP contribution is -2.08. The standard InChI is InChI=1S/C23H24N4O2S/c1-17-14-20(11-10-18(17)6-5-13-28)29-16-22-25-26-23(30-21-8-2-3-9-21)27(22)19-7-4-12-24-15-19/h4,7,10-12,14-15,21,28H,2-3,8-9,13,16H2,1H3/i2D2,3D2,8D2,9D2,21D. The van der Waals surface area contributed by atoms with E-state index in [1.807, 2.05) is 6.92 Å². The highest BCUT2D eigenvalue weighted by atomic mass is 32.2. The molecule has 0 aliphatic heterocycles. The molecule has 1 fully saturated rings. The molecule has 1 saturated carbocycles. The maximum atomic E-state index is 8.91. The number of benzene rings is 1. The molecular weight excluding hydrogens is 396 g/mol. The molecule has 0 atom stereocenters. The fraction of sp³-hybridized carbons (Fsp3) is 0.348. The Morgan fingerprint density at radius 3 is 2.93 bits per heavy atom. The van der Waals surface area contributed by atoms with Crippen LogP contribution in [0.5, 0.6) is 5.75 Å². The van der Waals surface area contributed by atoms with Gasteiger partial charge in [-0.2, -0.15) is 0 Å². The summed E-state index contributed by atoms with van der Waals surface area (Å²) >= 11 is 0.255. The zero-order valence-electron chi connectivity index (χ0n) is 25.0. The van der Waals surface area contributed by atoms with E-state index in [4.69, 9.17) is 22.2 Å². The van der Waals surface area contributed by atoms with Crippen molar-refractivity contribution in [2.24, 2.45) is 0 Å². The van der Waals surface area contributed by atoms with Crippen molar-refractivity contribution < 1.29 is 22.2 Å². The van der Waals surface area contributed by atoms with E-state index in [9.17, 15) is 0 Å². The molecule has 0 unspecified atom stereocenters. The van der Waals surface area contributed by atoms with Gasteiger partial charge in [0.1, 0.15) is 19.0 Å². The SMILES string of the molecule is [2H]C1([2H])C([2H])([2H])C([2H])([2H])C([2H])(Sc2nnc(COc3ccc(C#CCO)c(C)c3)n2-c2cccnc2)C1([2H])[2H]. The van der Waals surface area contributed by atoms with Crippen LogP contribution < -0.4 is 4.74 Å². The zero-order chi connectivity index (χ0) is 28.9. The first-order valence-corrected chi connectivity index (χ1v) is 9.81. The molecule has 3 aromatic rings. The molecule has 0 spiro atoms. The maximum Gasteiger partial charge on any atom is 0.196 e. The summed E-state index contributed by atoms with van der Waals surface area (Å²) in [5.74, 6) is 6.09. The van der Waals surface area contributed by atoms with Crippen LogP contribution in [0.4, 0.5) is 0 Å². The Balaban J connectivity index is 1.72. The van der Waals surface area contributed by atoms with Gasteiger partial charge in [0.25, 0.3) is 0 Å². The van der Waals surface area contributed by atoms with Gasteiger partial charge in [-0.25, -0.2) is 0 Å². The second-order valence-electron chi connectivity index (χ2n) is 6.10. The number of ether oxygens (including phenoxy) is 1. The highest BCUT2D eigenvalue weighted by Crippen LogP contribution is 2.35. The fourth-order valence-electron chi connectivity index (χ4n) is 2.70. The van der Waals surface area contributed by atoms with Crippen LogP contribution in [-0.4, -0.2) is 36.7 Å².